The van der Waals surface area contributed by atoms with E-state index in [9.17, 15) is 45.3 Å². The van der Waals surface area contributed by atoms with Crippen molar-refractivity contribution < 1.29 is 78.4 Å². The van der Waals surface area contributed by atoms with Gasteiger partial charge in [0.2, 0.25) is 10.4 Å². The Morgan fingerprint density at radius 2 is 1.77 bits per heavy atom. The third-order valence-electron chi connectivity index (χ3n) is 8.71. The zero-order valence-electron chi connectivity index (χ0n) is 32.2. The number of ketones is 2. The van der Waals surface area contributed by atoms with Crippen LogP contribution in [0.4, 0.5) is 18.3 Å². The highest BCUT2D eigenvalue weighted by molar-refractivity contribution is 7.80. The Hall–Kier alpha value is -5.60. The Morgan fingerprint density at radius 1 is 1.13 bits per heavy atom. The first kappa shape index (κ1) is 48.8. The number of pyridine rings is 1. The molecule has 0 radical (unpaired) electrons. The molecule has 1 aromatic carbocycles. The second-order valence-corrected chi connectivity index (χ2v) is 15.3. The molecule has 25 heteroatoms. The van der Waals surface area contributed by atoms with Crippen molar-refractivity contribution in [2.75, 3.05) is 18.9 Å². The van der Waals surface area contributed by atoms with E-state index in [0.29, 0.717) is 23.8 Å². The van der Waals surface area contributed by atoms with Gasteiger partial charge in [-0.1, -0.05) is 23.7 Å². The van der Waals surface area contributed by atoms with Crippen molar-refractivity contribution in [3.8, 4) is 16.9 Å². The normalized spacial score (nSPS) is 16.1. The number of aromatic nitrogens is 2. The van der Waals surface area contributed by atoms with E-state index in [0.717, 1.165) is 41.0 Å². The predicted molar refractivity (Wildman–Crippen MR) is 199 cm³/mol. The van der Waals surface area contributed by atoms with E-state index in [1.165, 1.54) is 19.2 Å². The Morgan fingerprint density at radius 3 is 2.28 bits per heavy atom. The number of carboxylic acid groups (broad SMARTS) is 1. The van der Waals surface area contributed by atoms with Gasteiger partial charge >= 0.3 is 12.5 Å². The van der Waals surface area contributed by atoms with Crippen LogP contribution in [0.5, 0.6) is 5.75 Å². The summed E-state index contributed by atoms with van der Waals surface area (Å²) in [5.41, 5.74) is 18.2. The number of carbonyl (C=O) groups excluding carboxylic acids is 5. The lowest BCUT2D eigenvalue weighted by Crippen LogP contribution is -2.68. The molecule has 3 aromatic rings. The first-order valence-electron chi connectivity index (χ1n) is 17.5. The van der Waals surface area contributed by atoms with Gasteiger partial charge in [0.1, 0.15) is 24.5 Å². The number of rotatable bonds is 21. The largest absolute Gasteiger partial charge is 0.724 e. The van der Waals surface area contributed by atoms with Gasteiger partial charge in [-0.05, 0) is 57.0 Å². The molecule has 0 spiro atoms. The molecule has 1 saturated heterocycles. The maximum Gasteiger partial charge on any atom is 0.430 e. The number of nitrogen functional groups attached to an aromatic ring is 1. The minimum atomic E-state index is -5.24. The number of alkyl halides is 3. The van der Waals surface area contributed by atoms with E-state index >= 15 is 0 Å². The van der Waals surface area contributed by atoms with Crippen LogP contribution in [0.3, 0.4) is 0 Å². The summed E-state index contributed by atoms with van der Waals surface area (Å²) < 4.78 is 81.5. The summed E-state index contributed by atoms with van der Waals surface area (Å²) in [6.45, 7) is 3.14. The molecule has 1 amide bonds. The summed E-state index contributed by atoms with van der Waals surface area (Å²) in [6, 6.07) is 10.2. The summed E-state index contributed by atoms with van der Waals surface area (Å²) >= 11 is 1.00. The van der Waals surface area contributed by atoms with Crippen LogP contribution in [0.2, 0.25) is 0 Å². The number of benzene rings is 1. The van der Waals surface area contributed by atoms with Crippen LogP contribution in [-0.4, -0.2) is 95.8 Å². The highest BCUT2D eigenvalue weighted by Gasteiger charge is 2.57. The van der Waals surface area contributed by atoms with Gasteiger partial charge in [-0.3, -0.25) is 19.2 Å². The summed E-state index contributed by atoms with van der Waals surface area (Å²) in [6.07, 6.45) is -2.79. The lowest BCUT2D eigenvalue weighted by atomic mass is 9.74. The van der Waals surface area contributed by atoms with Crippen LogP contribution in [0, 0.1) is 5.92 Å². The van der Waals surface area contributed by atoms with Crippen molar-refractivity contribution in [3.05, 3.63) is 59.4 Å². The molecule has 1 aliphatic heterocycles. The monoisotopic (exact) mass is 888 g/mol. The Kier molecular flexibility index (Phi) is 17.1. The van der Waals surface area contributed by atoms with Crippen LogP contribution in [0.25, 0.3) is 11.1 Å². The molecule has 0 bridgehead atoms. The van der Waals surface area contributed by atoms with Crippen LogP contribution in [-0.2, 0) is 61.7 Å². The summed E-state index contributed by atoms with van der Waals surface area (Å²) in [5.74, 6) is -5.40. The molecule has 1 fully saturated rings. The predicted octanol–water partition coefficient (Wildman–Crippen LogP) is -0.0299. The second kappa shape index (κ2) is 21.1. The average Bonchev–Trinajstić information content (AvgIpc) is 3.60. The average molecular weight is 889 g/mol. The van der Waals surface area contributed by atoms with Crippen molar-refractivity contribution >= 4 is 62.5 Å². The minimum absolute atomic E-state index is 0.00798. The number of hydrogen-bond acceptors (Lipinski definition) is 19. The van der Waals surface area contributed by atoms with Crippen molar-refractivity contribution in [2.24, 2.45) is 29.6 Å². The lowest BCUT2D eigenvalue weighted by Gasteiger charge is -2.51. The highest BCUT2D eigenvalue weighted by atomic mass is 32.3. The SMILES string of the molecule is C[n+]1cc(-c2ccc(OC[C@@H](OC=O)O/N=C(\C(=O)C[C@@H]3C(=O)N(OS(=O)(=O)[O-])C3(C)C)c3csc(N)n3)cc2)ccc1CC(=O)[C@@H](N)CCCCN.O=C([O-])C(F)(F)F. The molecule has 4 rings (SSSR count). The van der Waals surface area contributed by atoms with Crippen LogP contribution >= 0.6 is 11.3 Å². The number of carboxylic acids is 1. The zero-order chi connectivity index (χ0) is 45.0. The Labute approximate surface area is 344 Å². The topological polar surface area (TPSA) is 313 Å². The number of thiazole rings is 1. The molecule has 6 N–H and O–H groups in total. The van der Waals surface area contributed by atoms with E-state index < -0.39 is 64.4 Å². The number of aryl methyl sites for hydroxylation is 1. The fourth-order valence-corrected chi connectivity index (χ4v) is 6.43. The Balaban J connectivity index is 0.00000126. The molecule has 0 unspecified atom stereocenters. The van der Waals surface area contributed by atoms with E-state index in [1.54, 1.807) is 12.1 Å². The summed E-state index contributed by atoms with van der Waals surface area (Å²) in [4.78, 5) is 68.1. The molecule has 1 aliphatic rings. The fourth-order valence-electron chi connectivity index (χ4n) is 5.43. The molecule has 0 aliphatic carbocycles. The number of halogens is 3. The third-order valence-corrected chi connectivity index (χ3v) is 9.72. The van der Waals surface area contributed by atoms with Crippen LogP contribution in [0.1, 0.15) is 50.9 Å². The number of amides is 1. The number of carbonyl (C=O) groups is 5. The number of ether oxygens (including phenoxy) is 2. The molecule has 0 saturated carbocycles. The van der Waals surface area contributed by atoms with E-state index in [-0.39, 0.29) is 41.8 Å². The van der Waals surface area contributed by atoms with Crippen molar-refractivity contribution in [1.29, 1.82) is 0 Å². The number of nitrogens with zero attached hydrogens (tertiary/aromatic N) is 4. The number of hydroxylamine groups is 2. The van der Waals surface area contributed by atoms with E-state index in [2.05, 4.69) is 14.4 Å². The number of unbranched alkanes of at least 4 members (excludes halogenated alkanes) is 1. The molecule has 3 atom stereocenters. The molecular formula is C35H41F3N7O13S2-. The number of β-lactam (4-membered cyclic amide) rings is 1. The smallest absolute Gasteiger partial charge is 0.430 e. The molecule has 60 heavy (non-hydrogen) atoms. The van der Waals surface area contributed by atoms with Crippen LogP contribution < -0.4 is 31.6 Å². The number of hydrogen-bond donors (Lipinski definition) is 3. The van der Waals surface area contributed by atoms with E-state index in [1.807, 2.05) is 42.1 Å². The van der Waals surface area contributed by atoms with Gasteiger partial charge in [0.05, 0.1) is 23.9 Å². The Bertz CT molecular complexity index is 2150. The quantitative estimate of drug-likeness (QED) is 0.0146. The minimum Gasteiger partial charge on any atom is -0.724 e. The highest BCUT2D eigenvalue weighted by Crippen LogP contribution is 2.40. The molecule has 328 valence electrons. The zero-order valence-corrected chi connectivity index (χ0v) is 33.8. The lowest BCUT2D eigenvalue weighted by molar-refractivity contribution is -0.678. The van der Waals surface area contributed by atoms with Crippen molar-refractivity contribution in [1.82, 2.24) is 10.0 Å². The molecule has 20 nitrogen and oxygen atoms in total. The summed E-state index contributed by atoms with van der Waals surface area (Å²) in [5, 5.41) is 14.6. The number of nitrogens with two attached hydrogens (primary N) is 3. The molecule has 2 aromatic heterocycles. The molecular weight excluding hydrogens is 848 g/mol. The first-order valence-corrected chi connectivity index (χ1v) is 19.7. The molecule has 3 heterocycles. The van der Waals surface area contributed by atoms with Crippen LogP contribution in [0.15, 0.2) is 53.1 Å². The van der Waals surface area contributed by atoms with E-state index in [4.69, 9.17) is 41.4 Å². The number of anilines is 1. The third kappa shape index (κ3) is 14.0. The van der Waals surface area contributed by atoms with Gasteiger partial charge in [0.15, 0.2) is 40.9 Å². The van der Waals surface area contributed by atoms with Gasteiger partial charge in [0.25, 0.3) is 12.4 Å². The summed E-state index contributed by atoms with van der Waals surface area (Å²) in [7, 11) is -3.39. The van der Waals surface area contributed by atoms with Crippen molar-refractivity contribution in [2.45, 2.75) is 70.0 Å². The standard InChI is InChI=1S/C33H41N7O11S2.C2HF3O2/c1-33(2)24(31(44)40(33)51-53(45,46)47)15-28(43)30(26-18-52-32(36)37-26)38-50-29(49-19-41)17-48-23-11-8-20(9-12-23)21-7-10-22(39(3)16-21)14-27(42)25(35)6-4-5-13-34;3-2(4,5)1(6)7/h7-12,16,18-19,24-25,29H,4-6,13-15,17,34-35H2,1-3H3,(H2-,36,37,45,46,47);(H,6,7)/p-1/b38-30-;/t24-,25+,29+;/m1./s1. The number of Topliss-reactive ketones (excluding diaryl/α,β-unsaturated/α-hetero) is 2. The van der Waals surface area contributed by atoms with Gasteiger partial charge in [0, 0.05) is 23.4 Å². The van der Waals surface area contributed by atoms with Crippen molar-refractivity contribution in [3.63, 3.8) is 0 Å². The van der Waals surface area contributed by atoms with Gasteiger partial charge in [-0.25, -0.2) is 18.0 Å². The maximum absolute atomic E-state index is 13.4. The maximum atomic E-state index is 13.4. The number of oxime groups is 1. The van der Waals surface area contributed by atoms with Gasteiger partial charge in [-0.2, -0.15) is 22.5 Å². The van der Waals surface area contributed by atoms with Gasteiger partial charge in [-0.15, -0.1) is 11.3 Å². The van der Waals surface area contributed by atoms with Gasteiger partial charge < -0.3 is 46.0 Å². The number of aliphatic carboxylic acids is 1. The second-order valence-electron chi connectivity index (χ2n) is 13.4. The fraction of sp³-hybridized carbons (Fsp3) is 0.429. The first-order chi connectivity index (χ1) is 28.0.